The molecule has 1 aromatic heterocycles. The van der Waals surface area contributed by atoms with Gasteiger partial charge >= 0.3 is 0 Å². The van der Waals surface area contributed by atoms with E-state index < -0.39 is 0 Å². The largest absolute Gasteiger partial charge is 0.494 e. The van der Waals surface area contributed by atoms with Gasteiger partial charge in [0.25, 0.3) is 0 Å². The molecule has 0 aliphatic rings. The molecule has 0 aromatic carbocycles. The van der Waals surface area contributed by atoms with Gasteiger partial charge in [-0.2, -0.15) is 0 Å². The van der Waals surface area contributed by atoms with E-state index in [1.165, 1.54) is 0 Å². The zero-order chi connectivity index (χ0) is 8.27. The van der Waals surface area contributed by atoms with Crippen LogP contribution >= 0.6 is 12.2 Å². The van der Waals surface area contributed by atoms with E-state index >= 15 is 0 Å². The molecule has 58 valence electrons. The molecule has 0 amide bonds. The molecule has 0 atom stereocenters. The first kappa shape index (κ1) is 7.94. The monoisotopic (exact) mass is 168 g/mol. The molecule has 3 nitrogen and oxygen atoms in total. The Labute approximate surface area is 70.2 Å². The van der Waals surface area contributed by atoms with Gasteiger partial charge in [-0.15, -0.1) is 0 Å². The van der Waals surface area contributed by atoms with Gasteiger partial charge in [0.2, 0.25) is 0 Å². The molecule has 1 heterocycles. The summed E-state index contributed by atoms with van der Waals surface area (Å²) in [4.78, 5) is 4.18. The summed E-state index contributed by atoms with van der Waals surface area (Å²) >= 11 is 4.79. The van der Waals surface area contributed by atoms with Crippen LogP contribution in [-0.2, 0) is 0 Å². The summed E-state index contributed by atoms with van der Waals surface area (Å²) in [6.07, 6.45) is 3.20. The SMILES string of the molecule is COc1cnccc1C(N)=S. The second kappa shape index (κ2) is 3.30. The van der Waals surface area contributed by atoms with Crippen molar-refractivity contribution in [3.8, 4) is 5.75 Å². The Morgan fingerprint density at radius 1 is 1.73 bits per heavy atom. The third-order valence-corrected chi connectivity index (χ3v) is 1.49. The fourth-order valence-electron chi connectivity index (χ4n) is 0.746. The summed E-state index contributed by atoms with van der Waals surface area (Å²) in [6, 6.07) is 1.72. The zero-order valence-corrected chi connectivity index (χ0v) is 6.89. The van der Waals surface area contributed by atoms with Crippen LogP contribution in [-0.4, -0.2) is 17.1 Å². The molecule has 0 aliphatic heterocycles. The van der Waals surface area contributed by atoms with Gasteiger partial charge in [0.1, 0.15) is 10.7 Å². The van der Waals surface area contributed by atoms with E-state index in [9.17, 15) is 0 Å². The highest BCUT2D eigenvalue weighted by atomic mass is 32.1. The van der Waals surface area contributed by atoms with Crippen LogP contribution in [0.1, 0.15) is 5.56 Å². The first-order valence-corrected chi connectivity index (χ1v) is 3.44. The Morgan fingerprint density at radius 3 is 2.91 bits per heavy atom. The third-order valence-electron chi connectivity index (χ3n) is 1.27. The molecule has 2 N–H and O–H groups in total. The van der Waals surface area contributed by atoms with Gasteiger partial charge in [0.15, 0.2) is 0 Å². The van der Waals surface area contributed by atoms with E-state index in [0.29, 0.717) is 10.7 Å². The quantitative estimate of drug-likeness (QED) is 0.661. The van der Waals surface area contributed by atoms with Crippen molar-refractivity contribution in [3.05, 3.63) is 24.0 Å². The number of rotatable bonds is 2. The third kappa shape index (κ3) is 1.65. The number of thiocarbonyl (C=S) groups is 1. The molecule has 11 heavy (non-hydrogen) atoms. The van der Waals surface area contributed by atoms with Crippen LogP contribution in [0.3, 0.4) is 0 Å². The maximum atomic E-state index is 5.41. The average molecular weight is 168 g/mol. The Bertz CT molecular complexity index is 275. The predicted octanol–water partition coefficient (Wildman–Crippen LogP) is 0.724. The van der Waals surface area contributed by atoms with E-state index in [2.05, 4.69) is 4.98 Å². The van der Waals surface area contributed by atoms with E-state index in [1.807, 2.05) is 0 Å². The minimum atomic E-state index is 0.323. The van der Waals surface area contributed by atoms with E-state index in [4.69, 9.17) is 22.7 Å². The van der Waals surface area contributed by atoms with E-state index in [1.54, 1.807) is 25.6 Å². The van der Waals surface area contributed by atoms with Gasteiger partial charge in [-0.1, -0.05) is 12.2 Å². The van der Waals surface area contributed by atoms with Crippen molar-refractivity contribution in [2.75, 3.05) is 7.11 Å². The molecule has 0 saturated heterocycles. The number of hydrogen-bond donors (Lipinski definition) is 1. The van der Waals surface area contributed by atoms with Gasteiger partial charge in [-0.05, 0) is 6.07 Å². The van der Waals surface area contributed by atoms with Crippen molar-refractivity contribution < 1.29 is 4.74 Å². The van der Waals surface area contributed by atoms with Gasteiger partial charge in [-0.3, -0.25) is 4.98 Å². The number of pyridine rings is 1. The van der Waals surface area contributed by atoms with Crippen LogP contribution in [0.25, 0.3) is 0 Å². The second-order valence-corrected chi connectivity index (χ2v) is 2.38. The molecule has 1 rings (SSSR count). The smallest absolute Gasteiger partial charge is 0.147 e. The first-order valence-electron chi connectivity index (χ1n) is 3.03. The number of hydrogen-bond acceptors (Lipinski definition) is 3. The summed E-state index contributed by atoms with van der Waals surface area (Å²) in [5, 5.41) is 0. The molecule has 0 radical (unpaired) electrons. The first-order chi connectivity index (χ1) is 5.25. The topological polar surface area (TPSA) is 48.1 Å². The molecule has 0 bridgehead atoms. The Balaban J connectivity index is 3.12. The van der Waals surface area contributed by atoms with Crippen molar-refractivity contribution in [2.24, 2.45) is 5.73 Å². The molecular weight excluding hydrogens is 160 g/mol. The lowest BCUT2D eigenvalue weighted by atomic mass is 10.2. The van der Waals surface area contributed by atoms with E-state index in [0.717, 1.165) is 5.56 Å². The van der Waals surface area contributed by atoms with Crippen molar-refractivity contribution in [2.45, 2.75) is 0 Å². The summed E-state index contributed by atoms with van der Waals surface area (Å²) in [5.74, 6) is 0.611. The maximum Gasteiger partial charge on any atom is 0.147 e. The lowest BCUT2D eigenvalue weighted by Crippen LogP contribution is -2.10. The Hall–Kier alpha value is -1.16. The Kier molecular flexibility index (Phi) is 2.38. The molecule has 0 saturated carbocycles. The van der Waals surface area contributed by atoms with Gasteiger partial charge in [0.05, 0.1) is 18.9 Å². The van der Waals surface area contributed by atoms with Gasteiger partial charge < -0.3 is 10.5 Å². The molecule has 0 unspecified atom stereocenters. The number of nitrogens with two attached hydrogens (primary N) is 1. The van der Waals surface area contributed by atoms with Crippen LogP contribution in [0.4, 0.5) is 0 Å². The summed E-state index contributed by atoms with van der Waals surface area (Å²) in [6.45, 7) is 0. The molecule has 0 aliphatic carbocycles. The second-order valence-electron chi connectivity index (χ2n) is 1.94. The Morgan fingerprint density at radius 2 is 2.45 bits per heavy atom. The molecule has 0 spiro atoms. The molecule has 0 fully saturated rings. The van der Waals surface area contributed by atoms with Crippen LogP contribution in [0.2, 0.25) is 0 Å². The van der Waals surface area contributed by atoms with Crippen molar-refractivity contribution >= 4 is 17.2 Å². The highest BCUT2D eigenvalue weighted by molar-refractivity contribution is 7.80. The average Bonchev–Trinajstić information content (AvgIpc) is 2.04. The standard InChI is InChI=1S/C7H8N2OS/c1-10-6-4-9-3-2-5(6)7(8)11/h2-4H,1H3,(H2,8,11). The van der Waals surface area contributed by atoms with Crippen molar-refractivity contribution in [1.29, 1.82) is 0 Å². The maximum absolute atomic E-state index is 5.41. The van der Waals surface area contributed by atoms with Crippen molar-refractivity contribution in [3.63, 3.8) is 0 Å². The molecular formula is C7H8N2OS. The summed E-state index contributed by atoms with van der Waals surface area (Å²) in [5.41, 5.74) is 6.13. The van der Waals surface area contributed by atoms with E-state index in [-0.39, 0.29) is 0 Å². The predicted molar refractivity (Wildman–Crippen MR) is 46.7 cm³/mol. The zero-order valence-electron chi connectivity index (χ0n) is 6.07. The minimum Gasteiger partial charge on any atom is -0.494 e. The van der Waals surface area contributed by atoms with Crippen LogP contribution in [0.15, 0.2) is 18.5 Å². The van der Waals surface area contributed by atoms with Crippen LogP contribution in [0, 0.1) is 0 Å². The van der Waals surface area contributed by atoms with Gasteiger partial charge in [0, 0.05) is 6.20 Å². The minimum absolute atomic E-state index is 0.323. The fraction of sp³-hybridized carbons (Fsp3) is 0.143. The number of methoxy groups -OCH3 is 1. The number of ether oxygens (including phenoxy) is 1. The summed E-state index contributed by atoms with van der Waals surface area (Å²) in [7, 11) is 1.55. The van der Waals surface area contributed by atoms with Crippen molar-refractivity contribution in [1.82, 2.24) is 4.98 Å². The molecule has 1 aromatic rings. The number of nitrogens with zero attached hydrogens (tertiary/aromatic N) is 1. The fourth-order valence-corrected chi connectivity index (χ4v) is 0.915. The highest BCUT2D eigenvalue weighted by Crippen LogP contribution is 2.14. The number of aromatic nitrogens is 1. The van der Waals surface area contributed by atoms with Crippen LogP contribution < -0.4 is 10.5 Å². The lowest BCUT2D eigenvalue weighted by molar-refractivity contribution is 0.412. The normalized spacial score (nSPS) is 9.18. The lowest BCUT2D eigenvalue weighted by Gasteiger charge is -2.03. The van der Waals surface area contributed by atoms with Crippen LogP contribution in [0.5, 0.6) is 5.75 Å². The van der Waals surface area contributed by atoms with Gasteiger partial charge in [-0.25, -0.2) is 0 Å². The molecule has 4 heteroatoms. The highest BCUT2D eigenvalue weighted by Gasteiger charge is 2.02. The summed E-state index contributed by atoms with van der Waals surface area (Å²) < 4.78 is 4.98.